The van der Waals surface area contributed by atoms with Gasteiger partial charge in [-0.25, -0.2) is 9.78 Å². The molecule has 0 atom stereocenters. The van der Waals surface area contributed by atoms with Crippen molar-refractivity contribution < 1.29 is 19.2 Å². The normalized spacial score (nSPS) is 13.5. The molecule has 0 unspecified atom stereocenters. The van der Waals surface area contributed by atoms with Crippen LogP contribution in [-0.4, -0.2) is 38.0 Å². The first kappa shape index (κ1) is 14.1. The summed E-state index contributed by atoms with van der Waals surface area (Å²) in [6.07, 6.45) is 1.28. The zero-order chi connectivity index (χ0) is 16.8. The number of aromatic amines is 1. The Morgan fingerprint density at radius 3 is 2.50 bits per heavy atom. The SMILES string of the molecule is Cc1[nH]nc2ncc(C(=O)ON3C(=O)c4ccccc4C3=O)cc12. The average Bonchev–Trinajstić information content (AvgIpc) is 3.08. The van der Waals surface area contributed by atoms with Gasteiger partial charge in [-0.2, -0.15) is 5.10 Å². The molecule has 3 heterocycles. The third-order valence-corrected chi connectivity index (χ3v) is 3.77. The van der Waals surface area contributed by atoms with Crippen LogP contribution in [0.25, 0.3) is 11.0 Å². The Kier molecular flexibility index (Phi) is 2.92. The van der Waals surface area contributed by atoms with Gasteiger partial charge in [-0.15, -0.1) is 0 Å². The van der Waals surface area contributed by atoms with Crippen LogP contribution in [0.5, 0.6) is 0 Å². The highest BCUT2D eigenvalue weighted by Crippen LogP contribution is 2.23. The number of carbonyl (C=O) groups excluding carboxylic acids is 3. The predicted molar refractivity (Wildman–Crippen MR) is 81.0 cm³/mol. The number of benzene rings is 1. The summed E-state index contributed by atoms with van der Waals surface area (Å²) in [7, 11) is 0. The minimum Gasteiger partial charge on any atom is -0.324 e. The molecule has 1 aliphatic heterocycles. The van der Waals surface area contributed by atoms with Crippen LogP contribution in [0.4, 0.5) is 0 Å². The van der Waals surface area contributed by atoms with Crippen LogP contribution < -0.4 is 0 Å². The van der Waals surface area contributed by atoms with Crippen molar-refractivity contribution in [1.82, 2.24) is 20.2 Å². The van der Waals surface area contributed by atoms with Crippen LogP contribution in [0.2, 0.25) is 0 Å². The summed E-state index contributed by atoms with van der Waals surface area (Å²) in [5, 5.41) is 7.86. The summed E-state index contributed by atoms with van der Waals surface area (Å²) in [6, 6.07) is 7.82. The van der Waals surface area contributed by atoms with E-state index in [2.05, 4.69) is 15.2 Å². The molecular formula is C16H10N4O4. The lowest BCUT2D eigenvalue weighted by atomic mass is 10.1. The first-order valence-corrected chi connectivity index (χ1v) is 7.07. The highest BCUT2D eigenvalue weighted by atomic mass is 16.7. The molecule has 1 aromatic carbocycles. The van der Waals surface area contributed by atoms with Crippen molar-refractivity contribution in [3.63, 3.8) is 0 Å². The molecule has 1 N–H and O–H groups in total. The second-order valence-electron chi connectivity index (χ2n) is 5.27. The van der Waals surface area contributed by atoms with Crippen LogP contribution in [-0.2, 0) is 4.84 Å². The van der Waals surface area contributed by atoms with E-state index >= 15 is 0 Å². The van der Waals surface area contributed by atoms with Crippen molar-refractivity contribution in [1.29, 1.82) is 0 Å². The average molecular weight is 322 g/mol. The molecule has 8 heteroatoms. The number of amides is 2. The summed E-state index contributed by atoms with van der Waals surface area (Å²) in [4.78, 5) is 45.7. The molecule has 0 aliphatic carbocycles. The minimum atomic E-state index is -0.848. The van der Waals surface area contributed by atoms with E-state index in [9.17, 15) is 14.4 Å². The van der Waals surface area contributed by atoms with E-state index in [1.807, 2.05) is 0 Å². The summed E-state index contributed by atoms with van der Waals surface area (Å²) < 4.78 is 0. The van der Waals surface area contributed by atoms with Gasteiger partial charge in [-0.3, -0.25) is 14.7 Å². The summed E-state index contributed by atoms with van der Waals surface area (Å²) >= 11 is 0. The Morgan fingerprint density at radius 1 is 1.17 bits per heavy atom. The lowest BCUT2D eigenvalue weighted by Gasteiger charge is -2.12. The molecule has 4 rings (SSSR count). The van der Waals surface area contributed by atoms with E-state index in [4.69, 9.17) is 4.84 Å². The van der Waals surface area contributed by atoms with Crippen LogP contribution in [0.15, 0.2) is 36.5 Å². The number of H-pyrrole nitrogens is 1. The number of nitrogens with zero attached hydrogens (tertiary/aromatic N) is 3. The van der Waals surface area contributed by atoms with E-state index in [-0.39, 0.29) is 16.7 Å². The molecule has 0 saturated carbocycles. The van der Waals surface area contributed by atoms with Gasteiger partial charge in [-0.1, -0.05) is 17.2 Å². The minimum absolute atomic E-state index is 0.114. The van der Waals surface area contributed by atoms with Gasteiger partial charge in [0.1, 0.15) is 0 Å². The molecule has 0 spiro atoms. The monoisotopic (exact) mass is 322 g/mol. The van der Waals surface area contributed by atoms with Crippen LogP contribution in [0.3, 0.4) is 0 Å². The largest absolute Gasteiger partial charge is 0.365 e. The number of hydrogen-bond donors (Lipinski definition) is 1. The van der Waals surface area contributed by atoms with Gasteiger partial charge in [0.15, 0.2) is 5.65 Å². The Hall–Kier alpha value is -3.55. The first-order chi connectivity index (χ1) is 11.6. The lowest BCUT2D eigenvalue weighted by molar-refractivity contribution is -0.0584. The molecule has 0 bridgehead atoms. The van der Waals surface area contributed by atoms with Gasteiger partial charge in [0, 0.05) is 17.3 Å². The molecule has 24 heavy (non-hydrogen) atoms. The number of fused-ring (bicyclic) bond motifs is 2. The fourth-order valence-corrected chi connectivity index (χ4v) is 2.52. The Morgan fingerprint density at radius 2 is 1.83 bits per heavy atom. The zero-order valence-corrected chi connectivity index (χ0v) is 12.4. The van der Waals surface area contributed by atoms with Gasteiger partial charge in [0.2, 0.25) is 0 Å². The number of hydrogen-bond acceptors (Lipinski definition) is 6. The fraction of sp³-hybridized carbons (Fsp3) is 0.0625. The number of hydroxylamine groups is 2. The second kappa shape index (κ2) is 4.98. The Bertz CT molecular complexity index is 989. The van der Waals surface area contributed by atoms with E-state index in [0.717, 1.165) is 5.69 Å². The summed E-state index contributed by atoms with van der Waals surface area (Å²) in [5.74, 6) is -2.19. The number of imide groups is 1. The Labute approximate surface area is 135 Å². The third kappa shape index (κ3) is 1.97. The van der Waals surface area contributed by atoms with Crippen molar-refractivity contribution in [2.75, 3.05) is 0 Å². The van der Waals surface area contributed by atoms with Crippen molar-refractivity contribution in [2.24, 2.45) is 0 Å². The number of nitrogens with one attached hydrogen (secondary N) is 1. The standard InChI is InChI=1S/C16H10N4O4/c1-8-12-6-9(7-17-13(12)19-18-8)16(23)24-20-14(21)10-4-2-3-5-11(10)15(20)22/h2-7H,1H3,(H,17,18,19). The topological polar surface area (TPSA) is 105 Å². The molecule has 2 amide bonds. The van der Waals surface area contributed by atoms with E-state index in [0.29, 0.717) is 16.1 Å². The van der Waals surface area contributed by atoms with Gasteiger partial charge in [-0.05, 0) is 25.1 Å². The molecule has 118 valence electrons. The van der Waals surface area contributed by atoms with Crippen molar-refractivity contribution in [3.05, 3.63) is 58.9 Å². The molecule has 0 radical (unpaired) electrons. The van der Waals surface area contributed by atoms with Crippen LogP contribution in [0.1, 0.15) is 36.8 Å². The van der Waals surface area contributed by atoms with Gasteiger partial charge in [0.05, 0.1) is 16.7 Å². The molecular weight excluding hydrogens is 312 g/mol. The quantitative estimate of drug-likeness (QED) is 0.719. The first-order valence-electron chi connectivity index (χ1n) is 7.07. The molecule has 0 fully saturated rings. The summed E-state index contributed by atoms with van der Waals surface area (Å²) in [6.45, 7) is 1.79. The van der Waals surface area contributed by atoms with E-state index in [1.165, 1.54) is 18.3 Å². The highest BCUT2D eigenvalue weighted by molar-refractivity contribution is 6.21. The van der Waals surface area contributed by atoms with Crippen LogP contribution >= 0.6 is 0 Å². The molecule has 2 aromatic heterocycles. The maximum absolute atomic E-state index is 12.3. The van der Waals surface area contributed by atoms with Gasteiger partial charge < -0.3 is 4.84 Å². The summed E-state index contributed by atoms with van der Waals surface area (Å²) in [5.41, 5.74) is 1.73. The smallest absolute Gasteiger partial charge is 0.324 e. The van der Waals surface area contributed by atoms with Crippen molar-refractivity contribution in [2.45, 2.75) is 6.92 Å². The number of carbonyl (C=O) groups is 3. The van der Waals surface area contributed by atoms with Gasteiger partial charge in [0.25, 0.3) is 11.8 Å². The van der Waals surface area contributed by atoms with Gasteiger partial charge >= 0.3 is 5.97 Å². The molecule has 3 aromatic rings. The van der Waals surface area contributed by atoms with E-state index < -0.39 is 17.8 Å². The fourth-order valence-electron chi connectivity index (χ4n) is 2.52. The molecule has 0 saturated heterocycles. The molecule has 8 nitrogen and oxygen atoms in total. The zero-order valence-electron chi connectivity index (χ0n) is 12.4. The Balaban J connectivity index is 1.63. The van der Waals surface area contributed by atoms with E-state index in [1.54, 1.807) is 25.1 Å². The highest BCUT2D eigenvalue weighted by Gasteiger charge is 2.38. The van der Waals surface area contributed by atoms with Crippen molar-refractivity contribution in [3.8, 4) is 0 Å². The number of pyridine rings is 1. The molecule has 1 aliphatic rings. The van der Waals surface area contributed by atoms with Crippen LogP contribution in [0, 0.1) is 6.92 Å². The number of aromatic nitrogens is 3. The number of rotatable bonds is 2. The second-order valence-corrected chi connectivity index (χ2v) is 5.27. The number of aryl methyl sites for hydroxylation is 1. The maximum Gasteiger partial charge on any atom is 0.365 e. The maximum atomic E-state index is 12.3. The predicted octanol–water partition coefficient (Wildman–Crippen LogP) is 1.63. The van der Waals surface area contributed by atoms with Crippen molar-refractivity contribution >= 4 is 28.8 Å². The third-order valence-electron chi connectivity index (χ3n) is 3.77. The lowest BCUT2D eigenvalue weighted by Crippen LogP contribution is -2.32.